The van der Waals surface area contributed by atoms with Gasteiger partial charge in [0.1, 0.15) is 16.5 Å². The third-order valence-electron chi connectivity index (χ3n) is 3.29. The van der Waals surface area contributed by atoms with Gasteiger partial charge in [-0.05, 0) is 37.6 Å². The second-order valence-electron chi connectivity index (χ2n) is 4.88. The van der Waals surface area contributed by atoms with Gasteiger partial charge in [0.2, 0.25) is 0 Å². The van der Waals surface area contributed by atoms with Crippen LogP contribution in [0.5, 0.6) is 5.75 Å². The van der Waals surface area contributed by atoms with E-state index in [1.54, 1.807) is 27.0 Å². The van der Waals surface area contributed by atoms with E-state index >= 15 is 0 Å². The van der Waals surface area contributed by atoms with Gasteiger partial charge in [0.05, 0.1) is 25.1 Å². The maximum absolute atomic E-state index is 12.1. The van der Waals surface area contributed by atoms with Crippen molar-refractivity contribution in [3.8, 4) is 5.75 Å². The van der Waals surface area contributed by atoms with Gasteiger partial charge in [-0.1, -0.05) is 23.7 Å². The molecule has 0 saturated heterocycles. The Hall–Kier alpha value is -2.27. The Bertz CT molecular complexity index is 687. The van der Waals surface area contributed by atoms with E-state index in [1.807, 2.05) is 24.3 Å². The zero-order chi connectivity index (χ0) is 16.8. The number of ether oxygens (including phenoxy) is 2. The van der Waals surface area contributed by atoms with E-state index in [-0.39, 0.29) is 0 Å². The van der Waals surface area contributed by atoms with E-state index in [9.17, 15) is 4.79 Å². The van der Waals surface area contributed by atoms with E-state index < -0.39 is 5.97 Å². The Labute approximate surface area is 140 Å². The Morgan fingerprint density at radius 1 is 1.30 bits per heavy atom. The molecule has 23 heavy (non-hydrogen) atoms. The molecule has 0 spiro atoms. The van der Waals surface area contributed by atoms with Crippen molar-refractivity contribution >= 4 is 23.3 Å². The maximum atomic E-state index is 12.1. The van der Waals surface area contributed by atoms with Crippen molar-refractivity contribution in [2.45, 2.75) is 20.4 Å². The van der Waals surface area contributed by atoms with Gasteiger partial charge in [0.15, 0.2) is 0 Å². The highest BCUT2D eigenvalue weighted by molar-refractivity contribution is 6.29. The number of nitrogens with one attached hydrogen (secondary N) is 1. The van der Waals surface area contributed by atoms with E-state index in [1.165, 1.54) is 0 Å². The van der Waals surface area contributed by atoms with Crippen molar-refractivity contribution in [3.05, 3.63) is 52.3 Å². The smallest absolute Gasteiger partial charge is 0.342 e. The number of methoxy groups -OCH3 is 1. The van der Waals surface area contributed by atoms with Crippen LogP contribution in [0.4, 0.5) is 5.69 Å². The van der Waals surface area contributed by atoms with Gasteiger partial charge in [-0.25, -0.2) is 9.78 Å². The number of aromatic nitrogens is 1. The molecule has 0 saturated carbocycles. The van der Waals surface area contributed by atoms with Gasteiger partial charge >= 0.3 is 5.97 Å². The van der Waals surface area contributed by atoms with Crippen molar-refractivity contribution in [2.75, 3.05) is 19.0 Å². The van der Waals surface area contributed by atoms with Crippen molar-refractivity contribution in [1.82, 2.24) is 4.98 Å². The maximum Gasteiger partial charge on any atom is 0.342 e. The minimum atomic E-state index is -0.411. The van der Waals surface area contributed by atoms with Gasteiger partial charge in [-0.2, -0.15) is 0 Å². The van der Waals surface area contributed by atoms with Crippen LogP contribution in [0.1, 0.15) is 28.5 Å². The van der Waals surface area contributed by atoms with Crippen LogP contribution in [-0.4, -0.2) is 24.7 Å². The van der Waals surface area contributed by atoms with Crippen LogP contribution in [0.15, 0.2) is 30.3 Å². The second kappa shape index (κ2) is 7.83. The molecule has 0 fully saturated rings. The Kier molecular flexibility index (Phi) is 5.82. The summed E-state index contributed by atoms with van der Waals surface area (Å²) >= 11 is 6.01. The fraction of sp³-hybridized carbons (Fsp3) is 0.294. The second-order valence-corrected chi connectivity index (χ2v) is 5.26. The van der Waals surface area contributed by atoms with E-state index in [2.05, 4.69) is 10.3 Å². The number of anilines is 1. The topological polar surface area (TPSA) is 60.5 Å². The number of hydrogen-bond donors (Lipinski definition) is 1. The lowest BCUT2D eigenvalue weighted by molar-refractivity contribution is 0.0526. The van der Waals surface area contributed by atoms with Crippen molar-refractivity contribution in [2.24, 2.45) is 0 Å². The van der Waals surface area contributed by atoms with Crippen LogP contribution in [0.3, 0.4) is 0 Å². The number of nitrogens with zero attached hydrogens (tertiary/aromatic N) is 1. The highest BCUT2D eigenvalue weighted by Gasteiger charge is 2.18. The molecule has 0 aliphatic heterocycles. The lowest BCUT2D eigenvalue weighted by Crippen LogP contribution is -2.13. The first-order chi connectivity index (χ1) is 11.0. The molecule has 0 unspecified atom stereocenters. The number of aryl methyl sites for hydroxylation is 1. The predicted molar refractivity (Wildman–Crippen MR) is 90.3 cm³/mol. The summed E-state index contributed by atoms with van der Waals surface area (Å²) in [4.78, 5) is 16.3. The monoisotopic (exact) mass is 334 g/mol. The average Bonchev–Trinajstić information content (AvgIpc) is 2.53. The van der Waals surface area contributed by atoms with E-state index in [4.69, 9.17) is 21.1 Å². The first-order valence-corrected chi connectivity index (χ1v) is 7.64. The van der Waals surface area contributed by atoms with Gasteiger partial charge < -0.3 is 14.8 Å². The molecule has 122 valence electrons. The number of rotatable bonds is 6. The lowest BCUT2D eigenvalue weighted by Gasteiger charge is -2.14. The molecule has 0 atom stereocenters. The van der Waals surface area contributed by atoms with Gasteiger partial charge in [0, 0.05) is 6.54 Å². The molecule has 1 aromatic heterocycles. The first kappa shape index (κ1) is 17.1. The fourth-order valence-corrected chi connectivity index (χ4v) is 2.41. The summed E-state index contributed by atoms with van der Waals surface area (Å²) in [6.45, 7) is 4.34. The molecule has 0 bridgehead atoms. The van der Waals surface area contributed by atoms with Gasteiger partial charge in [-0.3, -0.25) is 0 Å². The highest BCUT2D eigenvalue weighted by Crippen LogP contribution is 2.24. The molecule has 1 heterocycles. The number of hydrogen-bond acceptors (Lipinski definition) is 5. The molecular formula is C17H19ClN2O3. The average molecular weight is 335 g/mol. The number of pyridine rings is 1. The van der Waals surface area contributed by atoms with Crippen LogP contribution in [0.25, 0.3) is 0 Å². The van der Waals surface area contributed by atoms with Crippen molar-refractivity contribution in [1.29, 1.82) is 0 Å². The molecular weight excluding hydrogens is 316 g/mol. The zero-order valence-electron chi connectivity index (χ0n) is 13.4. The number of esters is 1. The molecule has 0 aliphatic carbocycles. The number of benzene rings is 1. The molecule has 0 radical (unpaired) electrons. The summed E-state index contributed by atoms with van der Waals surface area (Å²) in [5.74, 6) is 0.384. The minimum Gasteiger partial charge on any atom is -0.497 e. The summed E-state index contributed by atoms with van der Waals surface area (Å²) < 4.78 is 10.2. The highest BCUT2D eigenvalue weighted by atomic mass is 35.5. The standard InChI is InChI=1S/C17H19ClN2O3/c1-4-23-17(21)16-11(2)20-15(18)9-14(16)19-10-12-5-7-13(22-3)8-6-12/h5-9H,4,10H2,1-3H3,(H,19,20). The predicted octanol–water partition coefficient (Wildman–Crippen LogP) is 3.84. The summed E-state index contributed by atoms with van der Waals surface area (Å²) in [7, 11) is 1.63. The molecule has 1 aromatic carbocycles. The number of halogens is 1. The third-order valence-corrected chi connectivity index (χ3v) is 3.48. The lowest BCUT2D eigenvalue weighted by atomic mass is 10.1. The molecule has 0 aliphatic rings. The molecule has 2 rings (SSSR count). The third kappa shape index (κ3) is 4.36. The summed E-state index contributed by atoms with van der Waals surface area (Å²) in [5, 5.41) is 3.55. The molecule has 5 nitrogen and oxygen atoms in total. The number of carbonyl (C=O) groups is 1. The summed E-state index contributed by atoms with van der Waals surface area (Å²) in [6, 6.07) is 9.30. The summed E-state index contributed by atoms with van der Waals surface area (Å²) in [5.41, 5.74) is 2.60. The Morgan fingerprint density at radius 2 is 2.00 bits per heavy atom. The van der Waals surface area contributed by atoms with Crippen LogP contribution in [0.2, 0.25) is 5.15 Å². The minimum absolute atomic E-state index is 0.304. The fourth-order valence-electron chi connectivity index (χ4n) is 2.18. The first-order valence-electron chi connectivity index (χ1n) is 7.26. The van der Waals surface area contributed by atoms with E-state index in [0.29, 0.717) is 35.2 Å². The van der Waals surface area contributed by atoms with Crippen molar-refractivity contribution < 1.29 is 14.3 Å². The molecule has 2 aromatic rings. The normalized spacial score (nSPS) is 10.3. The van der Waals surface area contributed by atoms with Crippen LogP contribution in [0, 0.1) is 6.92 Å². The Morgan fingerprint density at radius 3 is 2.61 bits per heavy atom. The molecule has 1 N–H and O–H groups in total. The van der Waals surface area contributed by atoms with Crippen LogP contribution >= 0.6 is 11.6 Å². The van der Waals surface area contributed by atoms with Gasteiger partial charge in [0.25, 0.3) is 0 Å². The molecule has 6 heteroatoms. The zero-order valence-corrected chi connectivity index (χ0v) is 14.1. The van der Waals surface area contributed by atoms with Crippen LogP contribution in [-0.2, 0) is 11.3 Å². The summed E-state index contributed by atoms with van der Waals surface area (Å²) in [6.07, 6.45) is 0. The molecule has 0 amide bonds. The van der Waals surface area contributed by atoms with Crippen LogP contribution < -0.4 is 10.1 Å². The SMILES string of the molecule is CCOC(=O)c1c(NCc2ccc(OC)cc2)cc(Cl)nc1C. The largest absolute Gasteiger partial charge is 0.497 e. The number of carbonyl (C=O) groups excluding carboxylic acids is 1. The van der Waals surface area contributed by atoms with E-state index in [0.717, 1.165) is 11.3 Å². The Balaban J connectivity index is 2.22. The van der Waals surface area contributed by atoms with Gasteiger partial charge in [-0.15, -0.1) is 0 Å². The van der Waals surface area contributed by atoms with Crippen molar-refractivity contribution in [3.63, 3.8) is 0 Å². The quantitative estimate of drug-likeness (QED) is 0.642.